The summed E-state index contributed by atoms with van der Waals surface area (Å²) in [6.07, 6.45) is 0. The quantitative estimate of drug-likeness (QED) is 0.613. The third-order valence-electron chi connectivity index (χ3n) is 3.35. The van der Waals surface area contributed by atoms with E-state index in [0.29, 0.717) is 16.5 Å². The molecule has 4 aromatic rings. The van der Waals surface area contributed by atoms with E-state index in [0.717, 1.165) is 15.8 Å². The van der Waals surface area contributed by atoms with Crippen LogP contribution < -0.4 is 5.73 Å². The van der Waals surface area contributed by atoms with Crippen molar-refractivity contribution in [3.63, 3.8) is 0 Å². The molecule has 0 aliphatic rings. The number of hydrogen-bond acceptors (Lipinski definition) is 6. The molecule has 0 aliphatic heterocycles. The van der Waals surface area contributed by atoms with Crippen molar-refractivity contribution >= 4 is 27.5 Å². The van der Waals surface area contributed by atoms with E-state index in [1.54, 1.807) is 18.2 Å². The van der Waals surface area contributed by atoms with Crippen LogP contribution in [0, 0.1) is 11.3 Å². The molecule has 0 saturated heterocycles. The Hall–Kier alpha value is -3.24. The van der Waals surface area contributed by atoms with Gasteiger partial charge in [0.2, 0.25) is 11.1 Å². The molecule has 0 saturated carbocycles. The number of nitrogens with two attached hydrogens (primary N) is 1. The molecule has 0 unspecified atom stereocenters. The molecule has 2 aromatic carbocycles. The Bertz CT molecular complexity index is 1020. The van der Waals surface area contributed by atoms with Crippen molar-refractivity contribution in [2.24, 2.45) is 0 Å². The molecule has 0 aliphatic carbocycles. The highest BCUT2D eigenvalue weighted by molar-refractivity contribution is 7.20. The van der Waals surface area contributed by atoms with Crippen LogP contribution in [0.25, 0.3) is 26.7 Å². The normalized spacial score (nSPS) is 10.7. The van der Waals surface area contributed by atoms with Gasteiger partial charge in [-0.1, -0.05) is 35.6 Å². The van der Waals surface area contributed by atoms with Crippen LogP contribution in [0.4, 0.5) is 5.95 Å². The van der Waals surface area contributed by atoms with Crippen molar-refractivity contribution in [3.8, 4) is 22.6 Å². The van der Waals surface area contributed by atoms with Crippen LogP contribution in [0.15, 0.2) is 48.5 Å². The average molecular weight is 318 g/mol. The Kier molecular flexibility index (Phi) is 3.03. The van der Waals surface area contributed by atoms with Gasteiger partial charge in [-0.05, 0) is 24.3 Å². The van der Waals surface area contributed by atoms with E-state index in [4.69, 9.17) is 11.0 Å². The zero-order chi connectivity index (χ0) is 15.8. The summed E-state index contributed by atoms with van der Waals surface area (Å²) >= 11 is 1.50. The first-order valence-electron chi connectivity index (χ1n) is 6.83. The van der Waals surface area contributed by atoms with Crippen LogP contribution >= 0.6 is 11.3 Å². The highest BCUT2D eigenvalue weighted by Gasteiger charge is 2.14. The number of rotatable bonds is 2. The van der Waals surface area contributed by atoms with Gasteiger partial charge in [-0.25, -0.2) is 4.98 Å². The van der Waals surface area contributed by atoms with Gasteiger partial charge in [0.1, 0.15) is 0 Å². The van der Waals surface area contributed by atoms with Crippen molar-refractivity contribution in [1.82, 2.24) is 19.7 Å². The molecule has 2 N–H and O–H groups in total. The molecule has 0 spiro atoms. The molecule has 0 amide bonds. The van der Waals surface area contributed by atoms with E-state index in [2.05, 4.69) is 21.1 Å². The summed E-state index contributed by atoms with van der Waals surface area (Å²) in [6.45, 7) is 0. The second-order valence-electron chi connectivity index (χ2n) is 4.86. The van der Waals surface area contributed by atoms with Crippen molar-refractivity contribution in [3.05, 3.63) is 54.1 Å². The number of para-hydroxylation sites is 1. The molecular formula is C16H10N6S. The Morgan fingerprint density at radius 3 is 2.78 bits per heavy atom. The van der Waals surface area contributed by atoms with Crippen molar-refractivity contribution in [1.29, 1.82) is 5.26 Å². The van der Waals surface area contributed by atoms with Crippen molar-refractivity contribution in [2.75, 3.05) is 5.73 Å². The minimum Gasteiger partial charge on any atom is -0.368 e. The fourth-order valence-corrected chi connectivity index (χ4v) is 3.19. The first-order chi connectivity index (χ1) is 11.2. The van der Waals surface area contributed by atoms with Gasteiger partial charge in [0.05, 0.1) is 21.8 Å². The van der Waals surface area contributed by atoms with Crippen molar-refractivity contribution in [2.45, 2.75) is 0 Å². The van der Waals surface area contributed by atoms with E-state index in [1.165, 1.54) is 16.0 Å². The lowest BCUT2D eigenvalue weighted by molar-refractivity contribution is 0.886. The third-order valence-corrected chi connectivity index (χ3v) is 4.36. The number of aromatic nitrogens is 4. The number of thiazole rings is 1. The maximum atomic E-state index is 9.00. The van der Waals surface area contributed by atoms with Crippen molar-refractivity contribution < 1.29 is 0 Å². The Balaban J connectivity index is 1.82. The van der Waals surface area contributed by atoms with Gasteiger partial charge in [-0.15, -0.1) is 5.10 Å². The zero-order valence-corrected chi connectivity index (χ0v) is 12.7. The number of nitrogen functional groups attached to an aromatic ring is 1. The highest BCUT2D eigenvalue weighted by Crippen LogP contribution is 2.27. The van der Waals surface area contributed by atoms with E-state index in [1.807, 2.05) is 30.3 Å². The molecule has 0 fully saturated rings. The average Bonchev–Trinajstić information content (AvgIpc) is 3.18. The third kappa shape index (κ3) is 2.31. The van der Waals surface area contributed by atoms with Gasteiger partial charge in [0.25, 0.3) is 0 Å². The van der Waals surface area contributed by atoms with Gasteiger partial charge >= 0.3 is 0 Å². The summed E-state index contributed by atoms with van der Waals surface area (Å²) < 4.78 is 2.59. The summed E-state index contributed by atoms with van der Waals surface area (Å²) in [5.74, 6) is 0.736. The summed E-state index contributed by atoms with van der Waals surface area (Å²) in [5.41, 5.74) is 8.19. The molecule has 2 heterocycles. The van der Waals surface area contributed by atoms with Crippen LogP contribution in [-0.2, 0) is 0 Å². The standard InChI is InChI=1S/C16H10N6S/c17-9-10-4-3-5-11(8-10)14-20-15(18)22(21-14)16-19-12-6-1-2-7-13(12)23-16/h1-8H,(H2,18,20,21). The van der Waals surface area contributed by atoms with Gasteiger partial charge in [-0.3, -0.25) is 0 Å². The number of anilines is 1. The minimum absolute atomic E-state index is 0.265. The second kappa shape index (κ2) is 5.19. The highest BCUT2D eigenvalue weighted by atomic mass is 32.1. The largest absolute Gasteiger partial charge is 0.368 e. The zero-order valence-electron chi connectivity index (χ0n) is 11.8. The molecule has 7 heteroatoms. The molecule has 110 valence electrons. The Morgan fingerprint density at radius 1 is 1.09 bits per heavy atom. The SMILES string of the molecule is N#Cc1cccc(-c2nc(N)n(-c3nc4ccccc4s3)n2)c1. The maximum Gasteiger partial charge on any atom is 0.226 e. The fraction of sp³-hybridized carbons (Fsp3) is 0. The molecular weight excluding hydrogens is 308 g/mol. The van der Waals surface area contributed by atoms with Crippen LogP contribution in [-0.4, -0.2) is 19.7 Å². The molecule has 2 aromatic heterocycles. The van der Waals surface area contributed by atoms with Crippen LogP contribution in [0.5, 0.6) is 0 Å². The maximum absolute atomic E-state index is 9.00. The first kappa shape index (κ1) is 13.4. The topological polar surface area (TPSA) is 93.4 Å². The van der Waals surface area contributed by atoms with E-state index in [9.17, 15) is 0 Å². The Morgan fingerprint density at radius 2 is 1.96 bits per heavy atom. The van der Waals surface area contributed by atoms with Gasteiger partial charge in [-0.2, -0.15) is 14.9 Å². The predicted molar refractivity (Wildman–Crippen MR) is 89.1 cm³/mol. The van der Waals surface area contributed by atoms with Gasteiger partial charge < -0.3 is 5.73 Å². The number of hydrogen-bond donors (Lipinski definition) is 1. The summed E-state index contributed by atoms with van der Waals surface area (Å²) in [7, 11) is 0. The van der Waals surface area contributed by atoms with Gasteiger partial charge in [0.15, 0.2) is 5.82 Å². The number of fused-ring (bicyclic) bond motifs is 1. The molecule has 23 heavy (non-hydrogen) atoms. The number of benzene rings is 2. The lowest BCUT2D eigenvalue weighted by Crippen LogP contribution is -2.01. The van der Waals surface area contributed by atoms with Crippen LogP contribution in [0.1, 0.15) is 5.56 Å². The molecule has 4 rings (SSSR count). The molecule has 0 bridgehead atoms. The molecule has 0 radical (unpaired) electrons. The smallest absolute Gasteiger partial charge is 0.226 e. The summed E-state index contributed by atoms with van der Waals surface area (Å²) in [4.78, 5) is 8.82. The van der Waals surface area contributed by atoms with E-state index in [-0.39, 0.29) is 5.95 Å². The predicted octanol–water partition coefficient (Wildman–Crippen LogP) is 3.00. The monoisotopic (exact) mass is 318 g/mol. The first-order valence-corrected chi connectivity index (χ1v) is 7.65. The fourth-order valence-electron chi connectivity index (χ4n) is 2.27. The minimum atomic E-state index is 0.265. The molecule has 0 atom stereocenters. The van der Waals surface area contributed by atoms with Crippen LogP contribution in [0.2, 0.25) is 0 Å². The van der Waals surface area contributed by atoms with Gasteiger partial charge in [0, 0.05) is 5.56 Å². The van der Waals surface area contributed by atoms with E-state index < -0.39 is 0 Å². The Labute approximate surface area is 135 Å². The van der Waals surface area contributed by atoms with Crippen LogP contribution in [0.3, 0.4) is 0 Å². The second-order valence-corrected chi connectivity index (χ2v) is 5.87. The lowest BCUT2D eigenvalue weighted by Gasteiger charge is -1.95. The number of nitrogens with zero attached hydrogens (tertiary/aromatic N) is 5. The number of nitriles is 1. The van der Waals surface area contributed by atoms with E-state index >= 15 is 0 Å². The lowest BCUT2D eigenvalue weighted by atomic mass is 10.1. The summed E-state index contributed by atoms with van der Waals surface area (Å²) in [5, 5.41) is 14.1. The molecule has 6 nitrogen and oxygen atoms in total. The summed E-state index contributed by atoms with van der Waals surface area (Å²) in [6, 6.07) is 17.1.